The summed E-state index contributed by atoms with van der Waals surface area (Å²) < 4.78 is 37.6. The minimum atomic E-state index is -4.27. The molecule has 0 aromatic heterocycles. The Morgan fingerprint density at radius 3 is 2.05 bits per heavy atom. The minimum absolute atomic E-state index is 0.0207. The number of rotatable bonds is 4. The Morgan fingerprint density at radius 1 is 1.05 bits per heavy atom. The smallest absolute Gasteiger partial charge is 0.383 e. The molecule has 0 saturated carbocycles. The number of nitrogens with one attached hydrogen (secondary N) is 1. The number of benzene rings is 1. The molecule has 0 atom stereocenters. The van der Waals surface area contributed by atoms with Gasteiger partial charge in [0.05, 0.1) is 5.56 Å². The third kappa shape index (κ3) is 3.17. The normalized spacial score (nSPS) is 16.1. The van der Waals surface area contributed by atoms with Gasteiger partial charge in [-0.15, -0.1) is 0 Å². The Morgan fingerprint density at radius 2 is 1.65 bits per heavy atom. The maximum atomic E-state index is 12.5. The van der Waals surface area contributed by atoms with E-state index in [1.54, 1.807) is 12.1 Å². The second-order valence-electron chi connectivity index (χ2n) is 5.89. The highest BCUT2D eigenvalue weighted by molar-refractivity contribution is 5.73. The number of hydrogen-bond acceptors (Lipinski definition) is 1. The average Bonchev–Trinajstić information content (AvgIpc) is 2.34. The minimum Gasteiger partial charge on any atom is -0.383 e. The summed E-state index contributed by atoms with van der Waals surface area (Å²) >= 11 is 0. The summed E-state index contributed by atoms with van der Waals surface area (Å²) in [6.45, 7) is 6.37. The fraction of sp³-hybridized carbons (Fsp3) is 0.500. The van der Waals surface area contributed by atoms with Crippen molar-refractivity contribution in [3.8, 4) is 0 Å². The van der Waals surface area contributed by atoms with Crippen molar-refractivity contribution in [3.63, 3.8) is 0 Å². The molecule has 0 amide bonds. The van der Waals surface area contributed by atoms with Gasteiger partial charge in [-0.1, -0.05) is 19.1 Å². The lowest BCUT2D eigenvalue weighted by Crippen LogP contribution is -2.39. The van der Waals surface area contributed by atoms with Gasteiger partial charge >= 0.3 is 6.18 Å². The molecule has 0 aliphatic heterocycles. The SMILES string of the molecule is CCC(C)(C)NC1=C(c2ccc(C(F)(F)F)cc2)CC1. The summed E-state index contributed by atoms with van der Waals surface area (Å²) in [5, 5.41) is 3.49. The van der Waals surface area contributed by atoms with Crippen molar-refractivity contribution in [3.05, 3.63) is 41.1 Å². The Bertz CT molecular complexity index is 510. The van der Waals surface area contributed by atoms with Gasteiger partial charge in [0, 0.05) is 11.2 Å². The largest absolute Gasteiger partial charge is 0.416 e. The van der Waals surface area contributed by atoms with Crippen molar-refractivity contribution in [1.29, 1.82) is 0 Å². The first kappa shape index (κ1) is 14.9. The van der Waals surface area contributed by atoms with Crippen LogP contribution in [-0.2, 0) is 6.18 Å². The third-order valence-corrected chi connectivity index (χ3v) is 3.92. The van der Waals surface area contributed by atoms with Crippen molar-refractivity contribution in [2.75, 3.05) is 0 Å². The van der Waals surface area contributed by atoms with Crippen LogP contribution in [0.2, 0.25) is 0 Å². The van der Waals surface area contributed by atoms with E-state index in [0.717, 1.165) is 48.2 Å². The van der Waals surface area contributed by atoms with E-state index in [-0.39, 0.29) is 5.54 Å². The van der Waals surface area contributed by atoms with Crippen molar-refractivity contribution in [2.45, 2.75) is 51.7 Å². The van der Waals surface area contributed by atoms with E-state index in [1.165, 1.54) is 0 Å². The van der Waals surface area contributed by atoms with E-state index < -0.39 is 11.7 Å². The molecule has 0 fully saturated rings. The predicted octanol–water partition coefficient (Wildman–Crippen LogP) is 4.99. The van der Waals surface area contributed by atoms with Crippen LogP contribution in [0.4, 0.5) is 13.2 Å². The number of allylic oxidation sites excluding steroid dienone is 2. The molecule has 0 heterocycles. The van der Waals surface area contributed by atoms with Crippen LogP contribution in [0.3, 0.4) is 0 Å². The molecule has 0 saturated heterocycles. The monoisotopic (exact) mass is 283 g/mol. The topological polar surface area (TPSA) is 12.0 Å². The van der Waals surface area contributed by atoms with E-state index in [0.29, 0.717) is 0 Å². The van der Waals surface area contributed by atoms with E-state index >= 15 is 0 Å². The number of halogens is 3. The lowest BCUT2D eigenvalue weighted by atomic mass is 9.86. The molecule has 1 aromatic rings. The van der Waals surface area contributed by atoms with Gasteiger partial charge < -0.3 is 5.32 Å². The van der Waals surface area contributed by atoms with Crippen LogP contribution in [0, 0.1) is 0 Å². The summed E-state index contributed by atoms with van der Waals surface area (Å²) in [7, 11) is 0. The van der Waals surface area contributed by atoms with Crippen molar-refractivity contribution in [1.82, 2.24) is 5.32 Å². The summed E-state index contributed by atoms with van der Waals surface area (Å²) in [6.07, 6.45) is -1.37. The number of hydrogen-bond donors (Lipinski definition) is 1. The first-order valence-electron chi connectivity index (χ1n) is 6.91. The van der Waals surface area contributed by atoms with Crippen LogP contribution >= 0.6 is 0 Å². The van der Waals surface area contributed by atoms with Crippen LogP contribution in [0.5, 0.6) is 0 Å². The van der Waals surface area contributed by atoms with E-state index in [2.05, 4.69) is 26.1 Å². The molecular weight excluding hydrogens is 263 g/mol. The zero-order valence-corrected chi connectivity index (χ0v) is 12.1. The molecule has 0 bridgehead atoms. The Kier molecular flexibility index (Phi) is 3.85. The zero-order valence-electron chi connectivity index (χ0n) is 12.1. The van der Waals surface area contributed by atoms with Crippen LogP contribution in [0.1, 0.15) is 51.2 Å². The summed E-state index contributed by atoms with van der Waals surface area (Å²) in [4.78, 5) is 0. The molecule has 2 rings (SSSR count). The molecule has 0 radical (unpaired) electrons. The molecule has 0 spiro atoms. The van der Waals surface area contributed by atoms with Gasteiger partial charge in [-0.2, -0.15) is 13.2 Å². The van der Waals surface area contributed by atoms with E-state index in [9.17, 15) is 13.2 Å². The van der Waals surface area contributed by atoms with Crippen LogP contribution in [-0.4, -0.2) is 5.54 Å². The van der Waals surface area contributed by atoms with Gasteiger partial charge in [-0.25, -0.2) is 0 Å². The molecule has 20 heavy (non-hydrogen) atoms. The molecule has 1 aliphatic rings. The molecule has 0 unspecified atom stereocenters. The molecular formula is C16H20F3N. The summed E-state index contributed by atoms with van der Waals surface area (Å²) in [5.41, 5.74) is 2.62. The first-order valence-corrected chi connectivity index (χ1v) is 6.91. The molecule has 1 aromatic carbocycles. The third-order valence-electron chi connectivity index (χ3n) is 3.92. The molecule has 1 nitrogen and oxygen atoms in total. The Balaban J connectivity index is 2.20. The summed E-state index contributed by atoms with van der Waals surface area (Å²) in [5.74, 6) is 0. The average molecular weight is 283 g/mol. The Hall–Kier alpha value is -1.45. The molecule has 4 heteroatoms. The highest BCUT2D eigenvalue weighted by atomic mass is 19.4. The second-order valence-corrected chi connectivity index (χ2v) is 5.89. The van der Waals surface area contributed by atoms with Crippen LogP contribution < -0.4 is 5.32 Å². The summed E-state index contributed by atoms with van der Waals surface area (Å²) in [6, 6.07) is 5.45. The fourth-order valence-corrected chi connectivity index (χ4v) is 2.19. The Labute approximate surface area is 117 Å². The van der Waals surface area contributed by atoms with E-state index in [1.807, 2.05) is 0 Å². The first-order chi connectivity index (χ1) is 9.23. The van der Waals surface area contributed by atoms with Crippen molar-refractivity contribution in [2.24, 2.45) is 0 Å². The van der Waals surface area contributed by atoms with Gasteiger partial charge in [0.15, 0.2) is 0 Å². The molecule has 1 aliphatic carbocycles. The van der Waals surface area contributed by atoms with Crippen LogP contribution in [0.15, 0.2) is 30.0 Å². The fourth-order valence-electron chi connectivity index (χ4n) is 2.19. The van der Waals surface area contributed by atoms with Gasteiger partial charge in [0.2, 0.25) is 0 Å². The highest BCUT2D eigenvalue weighted by Gasteiger charge is 2.30. The maximum Gasteiger partial charge on any atom is 0.416 e. The molecule has 110 valence electrons. The molecule has 1 N–H and O–H groups in total. The lowest BCUT2D eigenvalue weighted by molar-refractivity contribution is -0.137. The van der Waals surface area contributed by atoms with Crippen molar-refractivity contribution >= 4 is 5.57 Å². The second kappa shape index (κ2) is 5.15. The zero-order chi connectivity index (χ0) is 15.0. The standard InChI is InChI=1S/C16H20F3N/c1-4-15(2,3)20-14-10-9-13(14)11-5-7-12(8-6-11)16(17,18)19/h5-8,20H,4,9-10H2,1-3H3. The lowest BCUT2D eigenvalue weighted by Gasteiger charge is -2.34. The van der Waals surface area contributed by atoms with Gasteiger partial charge in [0.25, 0.3) is 0 Å². The van der Waals surface area contributed by atoms with E-state index in [4.69, 9.17) is 0 Å². The van der Waals surface area contributed by atoms with Gasteiger partial charge in [-0.3, -0.25) is 0 Å². The highest BCUT2D eigenvalue weighted by Crippen LogP contribution is 2.37. The predicted molar refractivity (Wildman–Crippen MR) is 75.1 cm³/mol. The van der Waals surface area contributed by atoms with Gasteiger partial charge in [0.1, 0.15) is 0 Å². The number of alkyl halides is 3. The van der Waals surface area contributed by atoms with Crippen molar-refractivity contribution < 1.29 is 13.2 Å². The van der Waals surface area contributed by atoms with Gasteiger partial charge in [-0.05, 0) is 56.4 Å². The van der Waals surface area contributed by atoms with Crippen LogP contribution in [0.25, 0.3) is 5.57 Å². The maximum absolute atomic E-state index is 12.5. The quantitative estimate of drug-likeness (QED) is 0.821.